The van der Waals surface area contributed by atoms with Gasteiger partial charge in [-0.15, -0.1) is 0 Å². The van der Waals surface area contributed by atoms with E-state index >= 15 is 0 Å². The number of hydrogen-bond acceptors (Lipinski definition) is 5. The number of hydrogen-bond donors (Lipinski definition) is 2. The number of likely N-dealkylation sites (tertiary alicyclic amines) is 1. The first-order valence-corrected chi connectivity index (χ1v) is 9.94. The van der Waals surface area contributed by atoms with Crippen LogP contribution in [0.15, 0.2) is 30.6 Å². The predicted molar refractivity (Wildman–Crippen MR) is 107 cm³/mol. The summed E-state index contributed by atoms with van der Waals surface area (Å²) in [5, 5.41) is 20.7. The van der Waals surface area contributed by atoms with Crippen molar-refractivity contribution in [3.63, 3.8) is 0 Å². The highest BCUT2D eigenvalue weighted by Gasteiger charge is 2.33. The molecule has 156 valence electrons. The van der Waals surface area contributed by atoms with E-state index in [4.69, 9.17) is 9.84 Å². The molecule has 10 nitrogen and oxygen atoms in total. The molecule has 1 atom stereocenters. The van der Waals surface area contributed by atoms with E-state index in [2.05, 4.69) is 15.5 Å². The molecule has 1 saturated heterocycles. The molecule has 2 N–H and O–H groups in total. The lowest BCUT2D eigenvalue weighted by Gasteiger charge is -2.38. The van der Waals surface area contributed by atoms with Gasteiger partial charge in [-0.3, -0.25) is 9.48 Å². The lowest BCUT2D eigenvalue weighted by Crippen LogP contribution is -2.53. The van der Waals surface area contributed by atoms with Gasteiger partial charge in [0.15, 0.2) is 11.6 Å². The van der Waals surface area contributed by atoms with E-state index in [1.54, 1.807) is 15.4 Å². The molecule has 5 rings (SSSR count). The van der Waals surface area contributed by atoms with Crippen molar-refractivity contribution >= 4 is 23.3 Å². The number of carboxylic acid groups (broad SMARTS) is 1. The second-order valence-corrected chi connectivity index (χ2v) is 7.79. The zero-order valence-electron chi connectivity index (χ0n) is 16.5. The molecule has 0 radical (unpaired) electrons. The predicted octanol–water partition coefficient (Wildman–Crippen LogP) is 2.21. The minimum Gasteiger partial charge on any atom is -0.487 e. The molecule has 2 aliphatic rings. The molecule has 1 aliphatic heterocycles. The van der Waals surface area contributed by atoms with Gasteiger partial charge >= 0.3 is 6.09 Å². The van der Waals surface area contributed by atoms with Crippen molar-refractivity contribution < 1.29 is 19.4 Å². The van der Waals surface area contributed by atoms with E-state index in [0.717, 1.165) is 36.0 Å². The van der Waals surface area contributed by atoms with Gasteiger partial charge in [-0.05, 0) is 31.4 Å². The monoisotopic (exact) mass is 410 g/mol. The number of pyridine rings is 1. The van der Waals surface area contributed by atoms with Crippen LogP contribution in [0.25, 0.3) is 16.8 Å². The molecule has 0 bridgehead atoms. The van der Waals surface area contributed by atoms with Crippen molar-refractivity contribution in [2.24, 2.45) is 13.0 Å². The van der Waals surface area contributed by atoms with Gasteiger partial charge in [0.2, 0.25) is 5.91 Å². The van der Waals surface area contributed by atoms with E-state index in [1.807, 2.05) is 31.4 Å². The number of carbonyl (C=O) groups excluding carboxylic acids is 1. The molecule has 3 aromatic rings. The summed E-state index contributed by atoms with van der Waals surface area (Å²) >= 11 is 0. The topological polar surface area (TPSA) is 114 Å². The molecular formula is C20H22N6O4. The van der Waals surface area contributed by atoms with Crippen LogP contribution in [-0.4, -0.2) is 60.6 Å². The molecule has 4 heterocycles. The first-order chi connectivity index (χ1) is 14.5. The quantitative estimate of drug-likeness (QED) is 0.644. The summed E-state index contributed by atoms with van der Waals surface area (Å²) in [7, 11) is 1.83. The molecule has 0 aromatic carbocycles. The number of ether oxygens (including phenoxy) is 1. The normalized spacial score (nSPS) is 18.3. The summed E-state index contributed by atoms with van der Waals surface area (Å²) in [5.41, 5.74) is 2.52. The average molecular weight is 410 g/mol. The van der Waals surface area contributed by atoms with Crippen LogP contribution in [0.5, 0.6) is 5.75 Å². The third-order valence-electron chi connectivity index (χ3n) is 5.66. The van der Waals surface area contributed by atoms with Crippen molar-refractivity contribution in [1.29, 1.82) is 0 Å². The standard InChI is InChI=1S/C20H22N6O4/c1-24-18(16(10-21-24)30-11-14-5-6-25(14)20(28)29)13-4-7-26-15(8-13)9-17(23-26)22-19(27)12-2-3-12/h4,7-10,12,14H,2-3,5-6,11H2,1H3,(H,28,29)(H,22,23,27)/t14-/m0/s1. The molecule has 1 aliphatic carbocycles. The Morgan fingerprint density at radius 3 is 2.83 bits per heavy atom. The Labute approximate surface area is 172 Å². The van der Waals surface area contributed by atoms with Crippen LogP contribution >= 0.6 is 0 Å². The van der Waals surface area contributed by atoms with Crippen molar-refractivity contribution in [2.45, 2.75) is 25.3 Å². The summed E-state index contributed by atoms with van der Waals surface area (Å²) in [6, 6.07) is 5.56. The number of carbonyl (C=O) groups is 2. The Balaban J connectivity index is 1.36. The van der Waals surface area contributed by atoms with Gasteiger partial charge in [-0.25, -0.2) is 9.31 Å². The number of nitrogens with one attached hydrogen (secondary N) is 1. The van der Waals surface area contributed by atoms with Crippen molar-refractivity contribution in [3.05, 3.63) is 30.6 Å². The van der Waals surface area contributed by atoms with Gasteiger partial charge in [-0.1, -0.05) is 0 Å². The van der Waals surface area contributed by atoms with E-state index in [1.165, 1.54) is 4.90 Å². The lowest BCUT2D eigenvalue weighted by atomic mass is 10.1. The van der Waals surface area contributed by atoms with Gasteiger partial charge in [0.1, 0.15) is 12.3 Å². The first-order valence-electron chi connectivity index (χ1n) is 9.94. The van der Waals surface area contributed by atoms with Crippen LogP contribution in [0.3, 0.4) is 0 Å². The number of anilines is 1. The van der Waals surface area contributed by atoms with E-state index in [0.29, 0.717) is 18.1 Å². The van der Waals surface area contributed by atoms with Gasteiger partial charge in [0.05, 0.1) is 17.8 Å². The number of aromatic nitrogens is 4. The highest BCUT2D eigenvalue weighted by molar-refractivity contribution is 5.93. The Hall–Kier alpha value is -3.56. The molecule has 0 unspecified atom stereocenters. The zero-order chi connectivity index (χ0) is 20.8. The van der Waals surface area contributed by atoms with E-state index in [-0.39, 0.29) is 24.5 Å². The summed E-state index contributed by atoms with van der Waals surface area (Å²) in [6.07, 6.45) is 5.22. The minimum absolute atomic E-state index is 0.0207. The van der Waals surface area contributed by atoms with Gasteiger partial charge in [0, 0.05) is 37.3 Å². The van der Waals surface area contributed by atoms with E-state index < -0.39 is 6.09 Å². The summed E-state index contributed by atoms with van der Waals surface area (Å²) in [6.45, 7) is 0.831. The largest absolute Gasteiger partial charge is 0.487 e. The highest BCUT2D eigenvalue weighted by atomic mass is 16.5. The minimum atomic E-state index is -0.919. The summed E-state index contributed by atoms with van der Waals surface area (Å²) in [4.78, 5) is 24.5. The van der Waals surface area contributed by atoms with Crippen LogP contribution in [0.2, 0.25) is 0 Å². The smallest absolute Gasteiger partial charge is 0.407 e. The van der Waals surface area contributed by atoms with Gasteiger partial charge in [-0.2, -0.15) is 10.2 Å². The maximum Gasteiger partial charge on any atom is 0.407 e. The Bertz CT molecular complexity index is 1130. The Kier molecular flexibility index (Phi) is 4.34. The number of nitrogens with zero attached hydrogens (tertiary/aromatic N) is 5. The fourth-order valence-corrected chi connectivity index (χ4v) is 3.68. The lowest BCUT2D eigenvalue weighted by molar-refractivity contribution is -0.117. The van der Waals surface area contributed by atoms with Crippen LogP contribution in [0.4, 0.5) is 10.6 Å². The summed E-state index contributed by atoms with van der Waals surface area (Å²) < 4.78 is 9.37. The number of amides is 2. The average Bonchev–Trinajstić information content (AvgIpc) is 3.36. The Morgan fingerprint density at radius 2 is 2.13 bits per heavy atom. The number of fused-ring (bicyclic) bond motifs is 1. The molecule has 1 saturated carbocycles. The van der Waals surface area contributed by atoms with Crippen molar-refractivity contribution in [2.75, 3.05) is 18.5 Å². The SMILES string of the molecule is Cn1ncc(OC[C@@H]2CCN2C(=O)O)c1-c1ccn2nc(NC(=O)C3CC3)cc2c1. The highest BCUT2D eigenvalue weighted by Crippen LogP contribution is 2.32. The maximum absolute atomic E-state index is 12.0. The fourth-order valence-electron chi connectivity index (χ4n) is 3.68. The van der Waals surface area contributed by atoms with Crippen LogP contribution in [-0.2, 0) is 11.8 Å². The second-order valence-electron chi connectivity index (χ2n) is 7.79. The number of aryl methyl sites for hydroxylation is 1. The van der Waals surface area contributed by atoms with Crippen LogP contribution in [0, 0.1) is 5.92 Å². The van der Waals surface area contributed by atoms with Gasteiger partial charge in [0.25, 0.3) is 0 Å². The molecule has 30 heavy (non-hydrogen) atoms. The molecule has 10 heteroatoms. The molecule has 2 amide bonds. The zero-order valence-corrected chi connectivity index (χ0v) is 16.5. The number of rotatable bonds is 6. The van der Waals surface area contributed by atoms with Crippen LogP contribution in [0.1, 0.15) is 19.3 Å². The molecular weight excluding hydrogens is 388 g/mol. The maximum atomic E-state index is 12.0. The van der Waals surface area contributed by atoms with Crippen molar-refractivity contribution in [3.8, 4) is 17.0 Å². The first kappa shape index (κ1) is 18.5. The molecule has 2 fully saturated rings. The van der Waals surface area contributed by atoms with E-state index in [9.17, 15) is 9.59 Å². The van der Waals surface area contributed by atoms with Gasteiger partial charge < -0.3 is 20.1 Å². The fraction of sp³-hybridized carbons (Fsp3) is 0.400. The second kappa shape index (κ2) is 7.05. The van der Waals surface area contributed by atoms with Crippen molar-refractivity contribution in [1.82, 2.24) is 24.3 Å². The van der Waals surface area contributed by atoms with Crippen LogP contribution < -0.4 is 10.1 Å². The molecule has 0 spiro atoms. The summed E-state index contributed by atoms with van der Waals surface area (Å²) in [5.74, 6) is 1.27. The third kappa shape index (κ3) is 3.34. The Morgan fingerprint density at radius 1 is 1.30 bits per heavy atom. The third-order valence-corrected chi connectivity index (χ3v) is 5.66. The molecule has 3 aromatic heterocycles.